The highest BCUT2D eigenvalue weighted by Crippen LogP contribution is 2.18. The van der Waals surface area contributed by atoms with Crippen LogP contribution >= 0.6 is 0 Å². The van der Waals surface area contributed by atoms with E-state index in [0.717, 1.165) is 22.9 Å². The molecule has 0 unspecified atom stereocenters. The molecule has 0 aliphatic rings. The highest BCUT2D eigenvalue weighted by molar-refractivity contribution is 5.96. The predicted molar refractivity (Wildman–Crippen MR) is 112 cm³/mol. The summed E-state index contributed by atoms with van der Waals surface area (Å²) in [7, 11) is 0. The third-order valence-electron chi connectivity index (χ3n) is 4.64. The summed E-state index contributed by atoms with van der Waals surface area (Å²) in [6.45, 7) is -0.987. The number of hydrogen-bond donors (Lipinski definition) is 2. The summed E-state index contributed by atoms with van der Waals surface area (Å²) < 4.78 is 33.3. The van der Waals surface area contributed by atoms with E-state index in [9.17, 15) is 33.1 Å². The molecule has 1 amide bonds. The molecular weight excluding hydrogens is 438 g/mol. The number of aromatic carboxylic acids is 1. The van der Waals surface area contributed by atoms with Gasteiger partial charge in [-0.25, -0.2) is 13.6 Å². The van der Waals surface area contributed by atoms with Gasteiger partial charge in [0.25, 0.3) is 5.91 Å². The standard InChI is InChI=1S/C23H18F2N2O6/c24-16-7-6-15(18(25)10-16)11-26-22(30)17-12-27(8-9-28)19(23(31)32)21(20(17)29)33-13-14-4-2-1-3-5-14/h1-7,9-10,12H,8,11,13H2,(H,26,30)(H,31,32). The van der Waals surface area contributed by atoms with Gasteiger partial charge in [0.1, 0.15) is 30.1 Å². The molecule has 0 fully saturated rings. The molecule has 0 saturated carbocycles. The number of pyridine rings is 1. The highest BCUT2D eigenvalue weighted by Gasteiger charge is 2.25. The molecule has 0 bridgehead atoms. The Balaban J connectivity index is 1.96. The maximum absolute atomic E-state index is 13.8. The molecule has 0 spiro atoms. The van der Waals surface area contributed by atoms with E-state index in [1.165, 1.54) is 0 Å². The van der Waals surface area contributed by atoms with E-state index in [1.54, 1.807) is 30.3 Å². The number of nitrogens with zero attached hydrogens (tertiary/aromatic N) is 1. The van der Waals surface area contributed by atoms with E-state index in [4.69, 9.17) is 4.74 Å². The van der Waals surface area contributed by atoms with Gasteiger partial charge in [0, 0.05) is 24.4 Å². The summed E-state index contributed by atoms with van der Waals surface area (Å²) in [4.78, 5) is 48.5. The second-order valence-electron chi connectivity index (χ2n) is 6.87. The first-order valence-electron chi connectivity index (χ1n) is 9.65. The van der Waals surface area contributed by atoms with Gasteiger partial charge in [-0.3, -0.25) is 9.59 Å². The van der Waals surface area contributed by atoms with E-state index in [1.807, 2.05) is 0 Å². The normalized spacial score (nSPS) is 10.5. The number of benzene rings is 2. The smallest absolute Gasteiger partial charge is 0.356 e. The first-order chi connectivity index (χ1) is 15.8. The van der Waals surface area contributed by atoms with E-state index in [-0.39, 0.29) is 18.7 Å². The Morgan fingerprint density at radius 1 is 1.12 bits per heavy atom. The summed E-state index contributed by atoms with van der Waals surface area (Å²) in [5, 5.41) is 11.9. The number of ether oxygens (including phenoxy) is 1. The van der Waals surface area contributed by atoms with Gasteiger partial charge in [0.05, 0.1) is 6.54 Å². The Bertz CT molecular complexity index is 1260. The van der Waals surface area contributed by atoms with Crippen molar-refractivity contribution in [3.05, 3.63) is 99.0 Å². The number of carboxylic acids is 1. The van der Waals surface area contributed by atoms with Crippen molar-refractivity contribution >= 4 is 18.2 Å². The lowest BCUT2D eigenvalue weighted by Crippen LogP contribution is -2.32. The van der Waals surface area contributed by atoms with Crippen LogP contribution in [0.4, 0.5) is 8.78 Å². The number of aldehydes is 1. The van der Waals surface area contributed by atoms with E-state index >= 15 is 0 Å². The maximum atomic E-state index is 13.8. The number of aromatic nitrogens is 1. The Labute approximate surface area is 186 Å². The van der Waals surface area contributed by atoms with E-state index < -0.39 is 52.5 Å². The van der Waals surface area contributed by atoms with Gasteiger partial charge >= 0.3 is 5.97 Å². The molecule has 3 rings (SSSR count). The quantitative estimate of drug-likeness (QED) is 0.479. The Morgan fingerprint density at radius 2 is 1.85 bits per heavy atom. The van der Waals surface area contributed by atoms with Gasteiger partial charge in [0.15, 0.2) is 11.4 Å². The molecule has 0 aliphatic heterocycles. The van der Waals surface area contributed by atoms with Gasteiger partial charge in [-0.15, -0.1) is 0 Å². The molecule has 1 heterocycles. The van der Waals surface area contributed by atoms with Crippen LogP contribution < -0.4 is 15.5 Å². The van der Waals surface area contributed by atoms with Crippen LogP contribution in [0.3, 0.4) is 0 Å². The van der Waals surface area contributed by atoms with Crippen LogP contribution in [0, 0.1) is 11.6 Å². The third kappa shape index (κ3) is 5.48. The molecule has 3 aromatic rings. The maximum Gasteiger partial charge on any atom is 0.356 e. The zero-order chi connectivity index (χ0) is 24.0. The molecule has 10 heteroatoms. The fourth-order valence-electron chi connectivity index (χ4n) is 3.04. The van der Waals surface area contributed by atoms with Crippen LogP contribution in [0.5, 0.6) is 5.75 Å². The van der Waals surface area contributed by atoms with Crippen molar-refractivity contribution < 1.29 is 33.0 Å². The molecule has 0 radical (unpaired) electrons. The number of carbonyl (C=O) groups excluding carboxylic acids is 2. The molecule has 8 nitrogen and oxygen atoms in total. The average Bonchev–Trinajstić information content (AvgIpc) is 2.78. The number of halogens is 2. The van der Waals surface area contributed by atoms with Gasteiger partial charge in [-0.2, -0.15) is 0 Å². The predicted octanol–water partition coefficient (Wildman–Crippen LogP) is 2.53. The van der Waals surface area contributed by atoms with Crippen molar-refractivity contribution in [1.29, 1.82) is 0 Å². The van der Waals surface area contributed by atoms with Crippen molar-refractivity contribution in [2.24, 2.45) is 0 Å². The van der Waals surface area contributed by atoms with Gasteiger partial charge in [-0.1, -0.05) is 36.4 Å². The number of amides is 1. The zero-order valence-corrected chi connectivity index (χ0v) is 17.1. The molecule has 1 aromatic heterocycles. The van der Waals surface area contributed by atoms with E-state index in [0.29, 0.717) is 17.9 Å². The van der Waals surface area contributed by atoms with Crippen LogP contribution in [0.2, 0.25) is 0 Å². The second-order valence-corrected chi connectivity index (χ2v) is 6.87. The topological polar surface area (TPSA) is 115 Å². The Hall–Kier alpha value is -4.34. The van der Waals surface area contributed by atoms with Crippen LogP contribution in [0.1, 0.15) is 32.0 Å². The number of nitrogens with one attached hydrogen (secondary N) is 1. The lowest BCUT2D eigenvalue weighted by atomic mass is 10.1. The number of rotatable bonds is 9. The summed E-state index contributed by atoms with van der Waals surface area (Å²) >= 11 is 0. The van der Waals surface area contributed by atoms with Crippen molar-refractivity contribution in [2.45, 2.75) is 19.7 Å². The van der Waals surface area contributed by atoms with E-state index in [2.05, 4.69) is 5.32 Å². The van der Waals surface area contributed by atoms with Gasteiger partial charge < -0.3 is 24.5 Å². The van der Waals surface area contributed by atoms with Crippen molar-refractivity contribution in [2.75, 3.05) is 0 Å². The monoisotopic (exact) mass is 456 g/mol. The molecule has 0 saturated heterocycles. The minimum atomic E-state index is -1.53. The van der Waals surface area contributed by atoms with Crippen molar-refractivity contribution in [3.63, 3.8) is 0 Å². The van der Waals surface area contributed by atoms with Crippen molar-refractivity contribution in [1.82, 2.24) is 9.88 Å². The number of carboxylic acid groups (broad SMARTS) is 1. The van der Waals surface area contributed by atoms with Gasteiger partial charge in [-0.05, 0) is 11.6 Å². The average molecular weight is 456 g/mol. The molecule has 170 valence electrons. The first kappa shape index (κ1) is 23.3. The SMILES string of the molecule is O=CCn1cc(C(=O)NCc2ccc(F)cc2F)c(=O)c(OCc2ccccc2)c1C(=O)O. The van der Waals surface area contributed by atoms with Gasteiger partial charge in [0.2, 0.25) is 5.43 Å². The lowest BCUT2D eigenvalue weighted by Gasteiger charge is -2.16. The Kier molecular flexibility index (Phi) is 7.29. The fourth-order valence-corrected chi connectivity index (χ4v) is 3.04. The van der Waals surface area contributed by atoms with Crippen LogP contribution in [-0.2, 0) is 24.5 Å². The minimum Gasteiger partial charge on any atom is -0.482 e. The molecule has 2 aromatic carbocycles. The molecular formula is C23H18F2N2O6. The fraction of sp³-hybridized carbons (Fsp3) is 0.130. The largest absolute Gasteiger partial charge is 0.482 e. The molecule has 33 heavy (non-hydrogen) atoms. The first-order valence-corrected chi connectivity index (χ1v) is 9.65. The van der Waals surface area contributed by atoms with Crippen LogP contribution in [0.25, 0.3) is 0 Å². The lowest BCUT2D eigenvalue weighted by molar-refractivity contribution is -0.108. The summed E-state index contributed by atoms with van der Waals surface area (Å²) in [6, 6.07) is 11.4. The second kappa shape index (κ2) is 10.3. The highest BCUT2D eigenvalue weighted by atomic mass is 19.1. The Morgan fingerprint density at radius 3 is 2.48 bits per heavy atom. The van der Waals surface area contributed by atoms with Crippen molar-refractivity contribution in [3.8, 4) is 5.75 Å². The molecule has 2 N–H and O–H groups in total. The third-order valence-corrected chi connectivity index (χ3v) is 4.64. The summed E-state index contributed by atoms with van der Waals surface area (Å²) in [5.41, 5.74) is -1.50. The zero-order valence-electron chi connectivity index (χ0n) is 17.1. The molecule has 0 aliphatic carbocycles. The minimum absolute atomic E-state index is 0.0272. The van der Waals surface area contributed by atoms with Crippen LogP contribution in [-0.4, -0.2) is 27.8 Å². The summed E-state index contributed by atoms with van der Waals surface area (Å²) in [5.74, 6) is -4.78. The van der Waals surface area contributed by atoms with Crippen LogP contribution in [0.15, 0.2) is 59.5 Å². The molecule has 0 atom stereocenters. The number of carbonyl (C=O) groups is 3. The summed E-state index contributed by atoms with van der Waals surface area (Å²) in [6.07, 6.45) is 1.32. The number of hydrogen-bond acceptors (Lipinski definition) is 5.